The van der Waals surface area contributed by atoms with E-state index in [0.29, 0.717) is 19.7 Å². The van der Waals surface area contributed by atoms with Crippen LogP contribution in [0, 0.1) is 6.92 Å². The predicted octanol–water partition coefficient (Wildman–Crippen LogP) is 2.52. The maximum absolute atomic E-state index is 12.7. The van der Waals surface area contributed by atoms with Gasteiger partial charge in [-0.2, -0.15) is 5.10 Å². The van der Waals surface area contributed by atoms with Crippen LogP contribution in [0.4, 0.5) is 0 Å². The normalized spacial score (nSPS) is 13.6. The standard InChI is InChI=1S/C20H21N3O2/c1-15-21-23(20(24)22(15)12-16-5-3-2-4-6-16)13-17-7-8-19-14-25-10-9-18(19)11-17/h2-8,11H,9-10,12-14H2,1H3. The fourth-order valence-electron chi connectivity index (χ4n) is 3.29. The van der Waals surface area contributed by atoms with Crippen molar-refractivity contribution in [3.63, 3.8) is 0 Å². The quantitative estimate of drug-likeness (QED) is 0.736. The van der Waals surface area contributed by atoms with Gasteiger partial charge in [0.15, 0.2) is 0 Å². The number of hydrogen-bond donors (Lipinski definition) is 0. The first-order valence-corrected chi connectivity index (χ1v) is 8.57. The van der Waals surface area contributed by atoms with E-state index in [9.17, 15) is 4.79 Å². The Morgan fingerprint density at radius 2 is 1.88 bits per heavy atom. The molecular formula is C20H21N3O2. The van der Waals surface area contributed by atoms with E-state index in [1.165, 1.54) is 11.1 Å². The number of nitrogens with zero attached hydrogens (tertiary/aromatic N) is 3. The van der Waals surface area contributed by atoms with Gasteiger partial charge in [-0.1, -0.05) is 48.5 Å². The van der Waals surface area contributed by atoms with Crippen molar-refractivity contribution in [1.82, 2.24) is 14.3 Å². The molecule has 0 saturated carbocycles. The van der Waals surface area contributed by atoms with Gasteiger partial charge in [0.25, 0.3) is 0 Å². The molecule has 3 aromatic rings. The van der Waals surface area contributed by atoms with Gasteiger partial charge in [0, 0.05) is 0 Å². The van der Waals surface area contributed by atoms with Crippen LogP contribution in [0.3, 0.4) is 0 Å². The zero-order valence-electron chi connectivity index (χ0n) is 14.3. The first kappa shape index (κ1) is 15.8. The van der Waals surface area contributed by atoms with Crippen molar-refractivity contribution in [2.45, 2.75) is 33.0 Å². The van der Waals surface area contributed by atoms with Gasteiger partial charge in [-0.3, -0.25) is 4.57 Å². The topological polar surface area (TPSA) is 49.1 Å². The first-order chi connectivity index (χ1) is 12.2. The van der Waals surface area contributed by atoms with E-state index in [4.69, 9.17) is 4.74 Å². The van der Waals surface area contributed by atoms with Gasteiger partial charge < -0.3 is 4.74 Å². The highest BCUT2D eigenvalue weighted by Gasteiger charge is 2.13. The second-order valence-electron chi connectivity index (χ2n) is 6.46. The summed E-state index contributed by atoms with van der Waals surface area (Å²) in [5.74, 6) is 0.736. The summed E-state index contributed by atoms with van der Waals surface area (Å²) in [5, 5.41) is 4.46. The molecule has 0 spiro atoms. The molecule has 0 atom stereocenters. The Kier molecular flexibility index (Phi) is 4.24. The summed E-state index contributed by atoms with van der Waals surface area (Å²) >= 11 is 0. The Hall–Kier alpha value is -2.66. The van der Waals surface area contributed by atoms with Crippen LogP contribution in [-0.2, 0) is 30.9 Å². The van der Waals surface area contributed by atoms with E-state index in [1.807, 2.05) is 37.3 Å². The van der Waals surface area contributed by atoms with E-state index in [-0.39, 0.29) is 5.69 Å². The summed E-state index contributed by atoms with van der Waals surface area (Å²) in [5.41, 5.74) is 4.70. The molecule has 5 heteroatoms. The van der Waals surface area contributed by atoms with Crippen LogP contribution >= 0.6 is 0 Å². The van der Waals surface area contributed by atoms with E-state index in [2.05, 4.69) is 23.3 Å². The Morgan fingerprint density at radius 1 is 1.04 bits per heavy atom. The molecule has 1 aliphatic heterocycles. The van der Waals surface area contributed by atoms with E-state index in [1.54, 1.807) is 9.25 Å². The van der Waals surface area contributed by atoms with E-state index in [0.717, 1.165) is 30.0 Å². The molecule has 4 rings (SSSR count). The molecule has 0 bridgehead atoms. The lowest BCUT2D eigenvalue weighted by molar-refractivity contribution is 0.110. The number of benzene rings is 2. The molecular weight excluding hydrogens is 314 g/mol. The molecule has 0 N–H and O–H groups in total. The molecule has 0 fully saturated rings. The lowest BCUT2D eigenvalue weighted by Gasteiger charge is -2.17. The summed E-state index contributed by atoms with van der Waals surface area (Å²) in [6, 6.07) is 16.3. The van der Waals surface area contributed by atoms with Crippen LogP contribution in [0.25, 0.3) is 0 Å². The Bertz CT molecular complexity index is 941. The first-order valence-electron chi connectivity index (χ1n) is 8.57. The van der Waals surface area contributed by atoms with Crippen LogP contribution in [-0.4, -0.2) is 21.0 Å². The van der Waals surface area contributed by atoms with Gasteiger partial charge in [0.05, 0.1) is 26.3 Å². The minimum atomic E-state index is -0.0672. The molecule has 0 radical (unpaired) electrons. The van der Waals surface area contributed by atoms with Gasteiger partial charge in [-0.15, -0.1) is 0 Å². The predicted molar refractivity (Wildman–Crippen MR) is 95.7 cm³/mol. The van der Waals surface area contributed by atoms with Crippen molar-refractivity contribution in [2.75, 3.05) is 6.61 Å². The molecule has 0 amide bonds. The Labute approximate surface area is 146 Å². The number of ether oxygens (including phenoxy) is 1. The molecule has 1 aromatic heterocycles. The number of aryl methyl sites for hydroxylation is 1. The second kappa shape index (κ2) is 6.69. The zero-order valence-corrected chi connectivity index (χ0v) is 14.3. The lowest BCUT2D eigenvalue weighted by Crippen LogP contribution is -2.26. The number of hydrogen-bond acceptors (Lipinski definition) is 3. The fourth-order valence-corrected chi connectivity index (χ4v) is 3.29. The molecule has 2 aromatic carbocycles. The van der Waals surface area contributed by atoms with Crippen molar-refractivity contribution in [3.05, 3.63) is 87.1 Å². The van der Waals surface area contributed by atoms with Crippen LogP contribution in [0.5, 0.6) is 0 Å². The molecule has 5 nitrogen and oxygen atoms in total. The van der Waals surface area contributed by atoms with Crippen LogP contribution < -0.4 is 5.69 Å². The average Bonchev–Trinajstić information content (AvgIpc) is 2.90. The minimum Gasteiger partial charge on any atom is -0.376 e. The Morgan fingerprint density at radius 3 is 2.72 bits per heavy atom. The van der Waals surface area contributed by atoms with Gasteiger partial charge in [0.1, 0.15) is 5.82 Å². The Balaban J connectivity index is 1.59. The van der Waals surface area contributed by atoms with Gasteiger partial charge in [-0.05, 0) is 35.6 Å². The van der Waals surface area contributed by atoms with E-state index < -0.39 is 0 Å². The van der Waals surface area contributed by atoms with Crippen LogP contribution in [0.1, 0.15) is 28.1 Å². The van der Waals surface area contributed by atoms with Crippen molar-refractivity contribution in [3.8, 4) is 0 Å². The van der Waals surface area contributed by atoms with Gasteiger partial charge in [0.2, 0.25) is 0 Å². The number of rotatable bonds is 4. The second-order valence-corrected chi connectivity index (χ2v) is 6.46. The third kappa shape index (κ3) is 3.28. The zero-order chi connectivity index (χ0) is 17.2. The van der Waals surface area contributed by atoms with Crippen molar-refractivity contribution in [2.24, 2.45) is 0 Å². The molecule has 0 saturated heterocycles. The van der Waals surface area contributed by atoms with Gasteiger partial charge in [-0.25, -0.2) is 9.48 Å². The molecule has 0 unspecified atom stereocenters. The number of fused-ring (bicyclic) bond motifs is 1. The molecule has 128 valence electrons. The summed E-state index contributed by atoms with van der Waals surface area (Å²) in [4.78, 5) is 12.7. The lowest BCUT2D eigenvalue weighted by atomic mass is 10.0. The molecule has 2 heterocycles. The third-order valence-electron chi connectivity index (χ3n) is 4.67. The van der Waals surface area contributed by atoms with Crippen molar-refractivity contribution < 1.29 is 4.74 Å². The molecule has 1 aliphatic rings. The smallest absolute Gasteiger partial charge is 0.346 e. The summed E-state index contributed by atoms with van der Waals surface area (Å²) in [7, 11) is 0. The minimum absolute atomic E-state index is 0.0672. The molecule has 0 aliphatic carbocycles. The highest BCUT2D eigenvalue weighted by molar-refractivity contribution is 5.33. The van der Waals surface area contributed by atoms with Crippen molar-refractivity contribution in [1.29, 1.82) is 0 Å². The van der Waals surface area contributed by atoms with Gasteiger partial charge >= 0.3 is 5.69 Å². The van der Waals surface area contributed by atoms with E-state index >= 15 is 0 Å². The number of aromatic nitrogens is 3. The summed E-state index contributed by atoms with van der Waals surface area (Å²) < 4.78 is 8.76. The third-order valence-corrected chi connectivity index (χ3v) is 4.67. The SMILES string of the molecule is Cc1nn(Cc2ccc3c(c2)CCOC3)c(=O)n1Cc1ccccc1. The van der Waals surface area contributed by atoms with Crippen LogP contribution in [0.2, 0.25) is 0 Å². The van der Waals surface area contributed by atoms with Crippen LogP contribution in [0.15, 0.2) is 53.3 Å². The van der Waals surface area contributed by atoms with Crippen molar-refractivity contribution >= 4 is 0 Å². The maximum Gasteiger partial charge on any atom is 0.346 e. The highest BCUT2D eigenvalue weighted by atomic mass is 16.5. The highest BCUT2D eigenvalue weighted by Crippen LogP contribution is 2.18. The monoisotopic (exact) mass is 335 g/mol. The summed E-state index contributed by atoms with van der Waals surface area (Å²) in [6.45, 7) is 4.37. The molecule has 25 heavy (non-hydrogen) atoms. The largest absolute Gasteiger partial charge is 0.376 e. The maximum atomic E-state index is 12.7. The fraction of sp³-hybridized carbons (Fsp3) is 0.300. The average molecular weight is 335 g/mol. The summed E-state index contributed by atoms with van der Waals surface area (Å²) in [6.07, 6.45) is 0.930.